The first kappa shape index (κ1) is 23.9. The second-order valence-corrected chi connectivity index (χ2v) is 7.95. The first-order valence-corrected chi connectivity index (χ1v) is 11.1. The highest BCUT2D eigenvalue weighted by molar-refractivity contribution is 6.10. The Morgan fingerprint density at radius 1 is 1.06 bits per heavy atom. The van der Waals surface area contributed by atoms with Gasteiger partial charge in [0, 0.05) is 35.6 Å². The van der Waals surface area contributed by atoms with Gasteiger partial charge in [-0.3, -0.25) is 14.8 Å². The molecule has 1 amide bonds. The Hall–Kier alpha value is -4.21. The highest BCUT2D eigenvalue weighted by atomic mass is 16.6. The molecule has 10 heteroatoms. The molecule has 4 rings (SSSR count). The molecule has 10 nitrogen and oxygen atoms in total. The monoisotopic (exact) mass is 479 g/mol. The SMILES string of the molecule is COc1ccc(C(=O)NC(=NCc2c(C)nn(C)c2C)Nc2ccc3c(c2)OCCO3)cc1OC. The summed E-state index contributed by atoms with van der Waals surface area (Å²) in [7, 11) is 4.96. The molecule has 0 fully saturated rings. The molecule has 1 aliphatic heterocycles. The average Bonchev–Trinajstić information content (AvgIpc) is 3.12. The van der Waals surface area contributed by atoms with Crippen LogP contribution in [0, 0.1) is 13.8 Å². The zero-order chi connectivity index (χ0) is 24.9. The van der Waals surface area contributed by atoms with E-state index < -0.39 is 0 Å². The van der Waals surface area contributed by atoms with Gasteiger partial charge in [-0.05, 0) is 44.2 Å². The van der Waals surface area contributed by atoms with Crippen molar-refractivity contribution in [2.24, 2.45) is 12.0 Å². The molecule has 0 aliphatic carbocycles. The van der Waals surface area contributed by atoms with Crippen molar-refractivity contribution >= 4 is 17.6 Å². The largest absolute Gasteiger partial charge is 0.493 e. The highest BCUT2D eigenvalue weighted by Gasteiger charge is 2.16. The van der Waals surface area contributed by atoms with Crippen LogP contribution in [-0.2, 0) is 13.6 Å². The number of aliphatic imine (C=N–C) groups is 1. The quantitative estimate of drug-likeness (QED) is 0.413. The van der Waals surface area contributed by atoms with Gasteiger partial charge in [-0.15, -0.1) is 0 Å². The van der Waals surface area contributed by atoms with Gasteiger partial charge in [0.25, 0.3) is 5.91 Å². The number of amides is 1. The van der Waals surface area contributed by atoms with Crippen LogP contribution >= 0.6 is 0 Å². The summed E-state index contributed by atoms with van der Waals surface area (Å²) in [6.45, 7) is 5.25. The standard InChI is InChI=1S/C25H29N5O5/c1-15-19(16(2)30(3)29-15)14-26-25(27-18-7-9-21-23(13-18)35-11-10-34-21)28-24(31)17-6-8-20(32-4)22(12-17)33-5/h6-9,12-13H,10-11,14H2,1-5H3,(H2,26,27,28,31). The molecule has 2 heterocycles. The van der Waals surface area contributed by atoms with Gasteiger partial charge < -0.3 is 24.3 Å². The van der Waals surface area contributed by atoms with Gasteiger partial charge in [0.1, 0.15) is 13.2 Å². The molecule has 2 aromatic carbocycles. The molecule has 184 valence electrons. The minimum Gasteiger partial charge on any atom is -0.493 e. The maximum atomic E-state index is 13.1. The molecule has 0 atom stereocenters. The van der Waals surface area contributed by atoms with Crippen molar-refractivity contribution in [3.05, 3.63) is 58.9 Å². The number of benzene rings is 2. The van der Waals surface area contributed by atoms with Crippen LogP contribution in [-0.4, -0.2) is 49.1 Å². The third-order valence-corrected chi connectivity index (χ3v) is 5.74. The summed E-state index contributed by atoms with van der Waals surface area (Å²) in [4.78, 5) is 17.8. The van der Waals surface area contributed by atoms with Crippen molar-refractivity contribution in [3.8, 4) is 23.0 Å². The van der Waals surface area contributed by atoms with Gasteiger partial charge in [-0.1, -0.05) is 0 Å². The van der Waals surface area contributed by atoms with Crippen molar-refractivity contribution < 1.29 is 23.7 Å². The number of rotatable bonds is 6. The Morgan fingerprint density at radius 3 is 2.49 bits per heavy atom. The predicted octanol–water partition coefficient (Wildman–Crippen LogP) is 3.22. The van der Waals surface area contributed by atoms with Crippen LogP contribution in [0.3, 0.4) is 0 Å². The number of hydrogen-bond donors (Lipinski definition) is 2. The lowest BCUT2D eigenvalue weighted by atomic mass is 10.2. The number of hydrogen-bond acceptors (Lipinski definition) is 7. The third kappa shape index (κ3) is 5.32. The molecule has 1 aliphatic rings. The van der Waals surface area contributed by atoms with Crippen LogP contribution in [0.1, 0.15) is 27.3 Å². The topological polar surface area (TPSA) is 108 Å². The van der Waals surface area contributed by atoms with Gasteiger partial charge in [-0.2, -0.15) is 5.10 Å². The van der Waals surface area contributed by atoms with E-state index in [0.29, 0.717) is 54.0 Å². The Morgan fingerprint density at radius 2 is 1.80 bits per heavy atom. The van der Waals surface area contributed by atoms with Gasteiger partial charge in [0.15, 0.2) is 23.0 Å². The maximum absolute atomic E-state index is 13.1. The molecule has 1 aromatic heterocycles. The molecule has 0 bridgehead atoms. The van der Waals surface area contributed by atoms with E-state index in [1.165, 1.54) is 7.11 Å². The van der Waals surface area contributed by atoms with Gasteiger partial charge in [-0.25, -0.2) is 4.99 Å². The molecule has 0 spiro atoms. The van der Waals surface area contributed by atoms with Crippen molar-refractivity contribution in [2.45, 2.75) is 20.4 Å². The van der Waals surface area contributed by atoms with E-state index in [1.807, 2.05) is 43.8 Å². The summed E-state index contributed by atoms with van der Waals surface area (Å²) in [5, 5.41) is 10.5. The predicted molar refractivity (Wildman–Crippen MR) is 132 cm³/mol. The highest BCUT2D eigenvalue weighted by Crippen LogP contribution is 2.32. The number of methoxy groups -OCH3 is 2. The fourth-order valence-corrected chi connectivity index (χ4v) is 3.73. The average molecular weight is 480 g/mol. The molecule has 0 radical (unpaired) electrons. The number of ether oxygens (including phenoxy) is 4. The molecule has 2 N–H and O–H groups in total. The van der Waals surface area contributed by atoms with E-state index in [-0.39, 0.29) is 11.9 Å². The normalized spacial score (nSPS) is 12.8. The smallest absolute Gasteiger partial charge is 0.258 e. The zero-order valence-electron chi connectivity index (χ0n) is 20.5. The van der Waals surface area contributed by atoms with E-state index in [4.69, 9.17) is 18.9 Å². The minimum absolute atomic E-state index is 0.282. The van der Waals surface area contributed by atoms with Crippen LogP contribution in [0.4, 0.5) is 5.69 Å². The molecular weight excluding hydrogens is 450 g/mol. The number of nitrogens with one attached hydrogen (secondary N) is 2. The Balaban J connectivity index is 1.61. The second-order valence-electron chi connectivity index (χ2n) is 7.95. The van der Waals surface area contributed by atoms with Crippen LogP contribution < -0.4 is 29.6 Å². The summed E-state index contributed by atoms with van der Waals surface area (Å²) in [6, 6.07) is 10.4. The Kier molecular flexibility index (Phi) is 7.09. The number of guanidine groups is 1. The molecule has 35 heavy (non-hydrogen) atoms. The number of carbonyl (C=O) groups is 1. The molecule has 0 saturated heterocycles. The number of fused-ring (bicyclic) bond motifs is 1. The summed E-state index contributed by atoms with van der Waals surface area (Å²) in [5.41, 5.74) is 3.98. The summed E-state index contributed by atoms with van der Waals surface area (Å²) >= 11 is 0. The summed E-state index contributed by atoms with van der Waals surface area (Å²) < 4.78 is 23.7. The second kappa shape index (κ2) is 10.4. The maximum Gasteiger partial charge on any atom is 0.258 e. The number of carbonyl (C=O) groups excluding carboxylic acids is 1. The van der Waals surface area contributed by atoms with E-state index in [9.17, 15) is 4.79 Å². The van der Waals surface area contributed by atoms with Crippen molar-refractivity contribution in [1.29, 1.82) is 0 Å². The van der Waals surface area contributed by atoms with Crippen LogP contribution in [0.5, 0.6) is 23.0 Å². The Bertz CT molecular complexity index is 1270. The first-order chi connectivity index (χ1) is 16.9. The zero-order valence-corrected chi connectivity index (χ0v) is 20.5. The van der Waals surface area contributed by atoms with Crippen LogP contribution in [0.25, 0.3) is 0 Å². The first-order valence-electron chi connectivity index (χ1n) is 11.1. The van der Waals surface area contributed by atoms with Gasteiger partial charge in [0.2, 0.25) is 5.96 Å². The summed E-state index contributed by atoms with van der Waals surface area (Å²) in [5.74, 6) is 2.23. The van der Waals surface area contributed by atoms with Gasteiger partial charge in [0.05, 0.1) is 26.5 Å². The number of anilines is 1. The van der Waals surface area contributed by atoms with Crippen molar-refractivity contribution in [3.63, 3.8) is 0 Å². The number of aromatic nitrogens is 2. The molecule has 3 aromatic rings. The van der Waals surface area contributed by atoms with Crippen molar-refractivity contribution in [1.82, 2.24) is 15.1 Å². The molecule has 0 saturated carbocycles. The van der Waals surface area contributed by atoms with E-state index in [2.05, 4.69) is 20.7 Å². The van der Waals surface area contributed by atoms with Crippen LogP contribution in [0.2, 0.25) is 0 Å². The van der Waals surface area contributed by atoms with E-state index in [1.54, 1.807) is 25.3 Å². The molecule has 0 unspecified atom stereocenters. The van der Waals surface area contributed by atoms with Crippen molar-refractivity contribution in [2.75, 3.05) is 32.8 Å². The third-order valence-electron chi connectivity index (χ3n) is 5.74. The van der Waals surface area contributed by atoms with E-state index >= 15 is 0 Å². The fourth-order valence-electron chi connectivity index (χ4n) is 3.73. The molecular formula is C25H29N5O5. The number of nitrogens with zero attached hydrogens (tertiary/aromatic N) is 3. The summed E-state index contributed by atoms with van der Waals surface area (Å²) in [6.07, 6.45) is 0. The lowest BCUT2D eigenvalue weighted by Gasteiger charge is -2.19. The minimum atomic E-state index is -0.352. The van der Waals surface area contributed by atoms with Crippen LogP contribution in [0.15, 0.2) is 41.4 Å². The fraction of sp³-hybridized carbons (Fsp3) is 0.320. The van der Waals surface area contributed by atoms with E-state index in [0.717, 1.165) is 17.0 Å². The van der Waals surface area contributed by atoms with Gasteiger partial charge >= 0.3 is 0 Å². The number of aryl methyl sites for hydroxylation is 2. The lowest BCUT2D eigenvalue weighted by molar-refractivity contribution is 0.0976. The Labute approximate surface area is 203 Å². The lowest BCUT2D eigenvalue weighted by Crippen LogP contribution is -2.36.